The van der Waals surface area contributed by atoms with Gasteiger partial charge in [-0.25, -0.2) is 0 Å². The minimum atomic E-state index is 0. The maximum Gasteiger partial charge on any atom is 0.159 e. The molecule has 0 N–H and O–H groups in total. The van der Waals surface area contributed by atoms with E-state index in [-0.39, 0.29) is 48.0 Å². The first kappa shape index (κ1) is 30.1. The van der Waals surface area contributed by atoms with Gasteiger partial charge in [-0.05, 0) is 58.6 Å². The van der Waals surface area contributed by atoms with E-state index in [4.69, 9.17) is 4.42 Å². The van der Waals surface area contributed by atoms with Crippen molar-refractivity contribution >= 4 is 11.0 Å². The molecular weight excluding hydrogens is 598 g/mol. The van der Waals surface area contributed by atoms with Crippen LogP contribution in [0.2, 0.25) is 0 Å². The largest absolute Gasteiger partial charge is 1.00 e. The summed E-state index contributed by atoms with van der Waals surface area (Å²) in [7, 11) is 4.68. The van der Waals surface area contributed by atoms with Gasteiger partial charge in [-0.3, -0.25) is 0 Å². The van der Waals surface area contributed by atoms with Crippen molar-refractivity contribution in [1.29, 1.82) is 0 Å². The Morgan fingerprint density at radius 1 is 0.733 bits per heavy atom. The van der Waals surface area contributed by atoms with Crippen LogP contribution in [-0.2, 0) is 6.54 Å². The van der Waals surface area contributed by atoms with E-state index in [1.807, 2.05) is 0 Å². The predicted octanol–water partition coefficient (Wildman–Crippen LogP) is 0.234. The van der Waals surface area contributed by atoms with E-state index in [9.17, 15) is 0 Å². The molecule has 0 saturated carbocycles. The highest BCUT2D eigenvalue weighted by Gasteiger charge is 2.25. The molecule has 0 fully saturated rings. The van der Waals surface area contributed by atoms with Crippen molar-refractivity contribution < 1.29 is 61.3 Å². The zero-order valence-electron chi connectivity index (χ0n) is 19.9. The number of halogens is 2. The molecule has 0 saturated heterocycles. The smallest absolute Gasteiger partial charge is 0.159 e. The first-order chi connectivity index (χ1) is 13.4. The number of nitrogens with zero attached hydrogens (tertiary/aromatic N) is 2. The molecule has 0 bridgehead atoms. The summed E-state index contributed by atoms with van der Waals surface area (Å²) >= 11 is 0. The highest BCUT2D eigenvalue weighted by Crippen LogP contribution is 2.23. The first-order valence-corrected chi connectivity index (χ1v) is 11.6. The van der Waals surface area contributed by atoms with E-state index in [0.29, 0.717) is 0 Å². The van der Waals surface area contributed by atoms with Crippen LogP contribution in [0.4, 0.5) is 0 Å². The number of unbranched alkanes of at least 4 members (excludes halogenated alkanes) is 5. The fraction of sp³-hybridized carbons (Fsp3) is 0.680. The number of para-hydroxylation sites is 1. The fourth-order valence-corrected chi connectivity index (χ4v) is 4.14. The second-order valence-electron chi connectivity index (χ2n) is 9.20. The van der Waals surface area contributed by atoms with Crippen molar-refractivity contribution in [2.75, 3.05) is 46.8 Å². The number of furan rings is 1. The van der Waals surface area contributed by atoms with Crippen LogP contribution in [-0.4, -0.2) is 55.8 Å². The summed E-state index contributed by atoms with van der Waals surface area (Å²) in [6, 6.07) is 10.6. The van der Waals surface area contributed by atoms with E-state index < -0.39 is 0 Å². The summed E-state index contributed by atoms with van der Waals surface area (Å²) in [5, 5.41) is 1.23. The van der Waals surface area contributed by atoms with Crippen LogP contribution < -0.4 is 48.0 Å². The van der Waals surface area contributed by atoms with Crippen molar-refractivity contribution in [3.05, 3.63) is 36.1 Å². The average Bonchev–Trinajstić information content (AvgIpc) is 3.11. The number of hydrogen-bond donors (Lipinski definition) is 0. The van der Waals surface area contributed by atoms with Gasteiger partial charge >= 0.3 is 0 Å². The van der Waals surface area contributed by atoms with Gasteiger partial charge in [0.15, 0.2) is 5.76 Å². The third kappa shape index (κ3) is 9.74. The predicted molar refractivity (Wildman–Crippen MR) is 121 cm³/mol. The number of fused-ring (bicyclic) bond motifs is 1. The Kier molecular flexibility index (Phi) is 15.1. The topological polar surface area (TPSA) is 13.1 Å². The molecule has 0 aliphatic rings. The molecule has 0 amide bonds. The Morgan fingerprint density at radius 3 is 1.87 bits per heavy atom. The molecule has 0 spiro atoms. The zero-order chi connectivity index (χ0) is 20.5. The van der Waals surface area contributed by atoms with E-state index >= 15 is 0 Å². The number of benzene rings is 1. The van der Waals surface area contributed by atoms with Crippen molar-refractivity contribution in [3.8, 4) is 0 Å². The Morgan fingerprint density at radius 2 is 1.30 bits per heavy atom. The molecule has 3 nitrogen and oxygen atoms in total. The van der Waals surface area contributed by atoms with Crippen LogP contribution >= 0.6 is 0 Å². The van der Waals surface area contributed by atoms with Gasteiger partial charge in [0.2, 0.25) is 0 Å². The van der Waals surface area contributed by atoms with Gasteiger partial charge in [0.05, 0.1) is 46.8 Å². The standard InChI is InChI=1S/C25H44N2O.2HI/c1-6-26(4,5)19-15-11-9-10-12-16-20-27(7-2,8-3)22-24-21-23-17-13-14-18-25(23)28-24;;/h13-14,17-18,21H,6-12,15-16,19-20,22H2,1-5H3;2*1H/q+2;;/p-2. The highest BCUT2D eigenvalue weighted by molar-refractivity contribution is 5.77. The third-order valence-corrected chi connectivity index (χ3v) is 6.81. The lowest BCUT2D eigenvalue weighted by Crippen LogP contribution is -3.00. The number of hydrogen-bond acceptors (Lipinski definition) is 1. The maximum atomic E-state index is 6.12. The molecule has 2 aromatic rings. The minimum Gasteiger partial charge on any atom is -1.00 e. The third-order valence-electron chi connectivity index (χ3n) is 6.81. The highest BCUT2D eigenvalue weighted by atomic mass is 127. The molecule has 174 valence electrons. The van der Waals surface area contributed by atoms with Gasteiger partial charge in [0, 0.05) is 5.39 Å². The molecule has 30 heavy (non-hydrogen) atoms. The van der Waals surface area contributed by atoms with E-state index in [1.54, 1.807) is 0 Å². The van der Waals surface area contributed by atoms with Crippen molar-refractivity contribution in [1.82, 2.24) is 0 Å². The van der Waals surface area contributed by atoms with Crippen molar-refractivity contribution in [3.63, 3.8) is 0 Å². The van der Waals surface area contributed by atoms with Crippen LogP contribution in [0.3, 0.4) is 0 Å². The summed E-state index contributed by atoms with van der Waals surface area (Å²) in [5.74, 6) is 1.14. The maximum absolute atomic E-state index is 6.12. The lowest BCUT2D eigenvalue weighted by atomic mass is 10.1. The second kappa shape index (κ2) is 15.1. The van der Waals surface area contributed by atoms with Crippen molar-refractivity contribution in [2.24, 2.45) is 0 Å². The molecule has 0 aliphatic carbocycles. The zero-order valence-corrected chi connectivity index (χ0v) is 24.2. The van der Waals surface area contributed by atoms with Crippen molar-refractivity contribution in [2.45, 2.75) is 65.8 Å². The monoisotopic (exact) mass is 642 g/mol. The van der Waals surface area contributed by atoms with Gasteiger partial charge in [-0.2, -0.15) is 0 Å². The van der Waals surface area contributed by atoms with Crippen LogP contribution in [0.1, 0.15) is 65.1 Å². The lowest BCUT2D eigenvalue weighted by molar-refractivity contribution is -0.938. The second-order valence-corrected chi connectivity index (χ2v) is 9.20. The molecule has 0 aliphatic heterocycles. The quantitative estimate of drug-likeness (QED) is 0.164. The Balaban J connectivity index is 0.00000420. The Bertz CT molecular complexity index is 662. The minimum absolute atomic E-state index is 0. The van der Waals surface area contributed by atoms with E-state index in [1.165, 1.54) is 76.6 Å². The summed E-state index contributed by atoms with van der Waals surface area (Å²) in [6.45, 7) is 14.2. The molecule has 0 radical (unpaired) electrons. The summed E-state index contributed by atoms with van der Waals surface area (Å²) in [6.07, 6.45) is 8.24. The fourth-order valence-electron chi connectivity index (χ4n) is 4.14. The number of rotatable bonds is 14. The summed E-state index contributed by atoms with van der Waals surface area (Å²) in [4.78, 5) is 0. The molecule has 5 heteroatoms. The van der Waals surface area contributed by atoms with Gasteiger partial charge in [-0.15, -0.1) is 0 Å². The SMILES string of the molecule is CC[N+](C)(C)CCCCCCCC[N+](CC)(CC)Cc1cc2ccccc2o1.[I-].[I-]. The molecule has 0 unspecified atom stereocenters. The van der Waals surface area contributed by atoms with Crippen LogP contribution in [0.25, 0.3) is 11.0 Å². The van der Waals surface area contributed by atoms with Crippen LogP contribution in [0, 0.1) is 0 Å². The van der Waals surface area contributed by atoms with Gasteiger partial charge < -0.3 is 61.3 Å². The summed E-state index contributed by atoms with van der Waals surface area (Å²) < 4.78 is 8.42. The Hall–Kier alpha value is 0.140. The van der Waals surface area contributed by atoms with Gasteiger partial charge in [0.25, 0.3) is 0 Å². The van der Waals surface area contributed by atoms with Crippen LogP contribution in [0.15, 0.2) is 34.7 Å². The molecular formula is C25H44I2N2O. The normalized spacial score (nSPS) is 11.9. The summed E-state index contributed by atoms with van der Waals surface area (Å²) in [5.41, 5.74) is 1.02. The molecule has 0 atom stereocenters. The van der Waals surface area contributed by atoms with Gasteiger partial charge in [0.1, 0.15) is 12.1 Å². The van der Waals surface area contributed by atoms with E-state index in [0.717, 1.165) is 26.9 Å². The van der Waals surface area contributed by atoms with Gasteiger partial charge in [-0.1, -0.05) is 31.0 Å². The Labute approximate surface area is 219 Å². The molecule has 1 heterocycles. The first-order valence-electron chi connectivity index (χ1n) is 11.6. The molecule has 2 rings (SSSR count). The molecule has 1 aromatic carbocycles. The average molecular weight is 642 g/mol. The molecule has 1 aromatic heterocycles. The van der Waals surface area contributed by atoms with E-state index in [2.05, 4.69) is 65.2 Å². The number of quaternary nitrogens is 2. The van der Waals surface area contributed by atoms with Crippen LogP contribution in [0.5, 0.6) is 0 Å². The lowest BCUT2D eigenvalue weighted by Gasteiger charge is -2.36.